The maximum absolute atomic E-state index is 12.3. The molecule has 0 bridgehead atoms. The van der Waals surface area contributed by atoms with Gasteiger partial charge in [0.1, 0.15) is 5.75 Å². The first-order valence-electron chi connectivity index (χ1n) is 10.1. The number of amides is 2. The fraction of sp³-hybridized carbons (Fsp3) is 0.348. The van der Waals surface area contributed by atoms with Crippen molar-refractivity contribution in [3.05, 3.63) is 59.1 Å². The number of nitrogens with zero attached hydrogens (tertiary/aromatic N) is 1. The number of ether oxygens (including phenoxy) is 1. The van der Waals surface area contributed by atoms with Crippen molar-refractivity contribution >= 4 is 34.8 Å². The summed E-state index contributed by atoms with van der Waals surface area (Å²) in [6.45, 7) is 1.65. The zero-order chi connectivity index (χ0) is 21.3. The van der Waals surface area contributed by atoms with Crippen molar-refractivity contribution < 1.29 is 14.3 Å². The number of carbonyl (C=O) groups is 2. The van der Waals surface area contributed by atoms with Crippen LogP contribution in [0.4, 0.5) is 5.69 Å². The van der Waals surface area contributed by atoms with Crippen LogP contribution in [-0.2, 0) is 9.59 Å². The normalized spacial score (nSPS) is 14.8. The summed E-state index contributed by atoms with van der Waals surface area (Å²) in [5, 5.41) is 7.71. The molecule has 30 heavy (non-hydrogen) atoms. The maximum Gasteiger partial charge on any atom is 0.277 e. The Bertz CT molecular complexity index is 889. The molecule has 2 aromatic rings. The predicted octanol–water partition coefficient (Wildman–Crippen LogP) is 4.78. The lowest BCUT2D eigenvalue weighted by Gasteiger charge is -2.20. The van der Waals surface area contributed by atoms with Gasteiger partial charge in [-0.05, 0) is 61.7 Å². The molecule has 7 heteroatoms. The van der Waals surface area contributed by atoms with Gasteiger partial charge in [0.15, 0.2) is 6.61 Å². The van der Waals surface area contributed by atoms with Crippen molar-refractivity contribution in [2.45, 2.75) is 39.0 Å². The molecular formula is C23H26ClN3O3. The van der Waals surface area contributed by atoms with Crippen molar-refractivity contribution in [2.24, 2.45) is 11.0 Å². The van der Waals surface area contributed by atoms with Gasteiger partial charge in [0.05, 0.1) is 5.71 Å². The Kier molecular flexibility index (Phi) is 7.85. The zero-order valence-corrected chi connectivity index (χ0v) is 17.7. The minimum Gasteiger partial charge on any atom is -0.484 e. The highest BCUT2D eigenvalue weighted by Gasteiger charge is 2.20. The number of hydrogen-bond donors (Lipinski definition) is 2. The Morgan fingerprint density at radius 3 is 2.37 bits per heavy atom. The molecule has 1 aliphatic carbocycles. The third kappa shape index (κ3) is 6.59. The highest BCUT2D eigenvalue weighted by molar-refractivity contribution is 6.30. The summed E-state index contributed by atoms with van der Waals surface area (Å²) in [7, 11) is 0. The fourth-order valence-corrected chi connectivity index (χ4v) is 3.45. The monoisotopic (exact) mass is 427 g/mol. The van der Waals surface area contributed by atoms with Gasteiger partial charge in [-0.2, -0.15) is 5.10 Å². The standard InChI is InChI=1S/C23H26ClN3O3/c1-16(26-27-22(28)15-30-21-13-9-19(24)10-14-21)17-7-11-20(12-8-17)25-23(29)18-5-3-2-4-6-18/h7-14,18H,2-6,15H2,1H3,(H,25,29)(H,27,28)/b26-16-. The van der Waals surface area contributed by atoms with Gasteiger partial charge >= 0.3 is 0 Å². The quantitative estimate of drug-likeness (QED) is 0.493. The van der Waals surface area contributed by atoms with Crippen LogP contribution < -0.4 is 15.5 Å². The summed E-state index contributed by atoms with van der Waals surface area (Å²) >= 11 is 5.81. The molecular weight excluding hydrogens is 402 g/mol. The second-order valence-corrected chi connectivity index (χ2v) is 7.81. The van der Waals surface area contributed by atoms with Crippen LogP contribution >= 0.6 is 11.6 Å². The number of carbonyl (C=O) groups excluding carboxylic acids is 2. The smallest absolute Gasteiger partial charge is 0.277 e. The molecule has 1 aliphatic rings. The molecule has 3 rings (SSSR count). The third-order valence-electron chi connectivity index (χ3n) is 5.08. The molecule has 0 atom stereocenters. The van der Waals surface area contributed by atoms with E-state index >= 15 is 0 Å². The van der Waals surface area contributed by atoms with Crippen LogP contribution in [-0.4, -0.2) is 24.1 Å². The van der Waals surface area contributed by atoms with Gasteiger partial charge in [0.2, 0.25) is 5.91 Å². The highest BCUT2D eigenvalue weighted by atomic mass is 35.5. The van der Waals surface area contributed by atoms with Gasteiger partial charge in [-0.3, -0.25) is 9.59 Å². The predicted molar refractivity (Wildman–Crippen MR) is 119 cm³/mol. The number of halogens is 1. The van der Waals surface area contributed by atoms with Crippen LogP contribution in [0.25, 0.3) is 0 Å². The largest absolute Gasteiger partial charge is 0.484 e. The summed E-state index contributed by atoms with van der Waals surface area (Å²) in [6.07, 6.45) is 5.42. The van der Waals surface area contributed by atoms with Crippen LogP contribution in [0.5, 0.6) is 5.75 Å². The summed E-state index contributed by atoms with van der Waals surface area (Å²) in [6, 6.07) is 14.2. The van der Waals surface area contributed by atoms with E-state index in [1.165, 1.54) is 6.42 Å². The maximum atomic E-state index is 12.3. The number of anilines is 1. The van der Waals surface area contributed by atoms with E-state index in [1.54, 1.807) is 31.2 Å². The van der Waals surface area contributed by atoms with Crippen molar-refractivity contribution in [2.75, 3.05) is 11.9 Å². The first-order chi connectivity index (χ1) is 14.5. The number of hydrazone groups is 1. The topological polar surface area (TPSA) is 79.8 Å². The van der Waals surface area contributed by atoms with Crippen molar-refractivity contribution in [3.63, 3.8) is 0 Å². The zero-order valence-electron chi connectivity index (χ0n) is 17.0. The lowest BCUT2D eigenvalue weighted by atomic mass is 9.88. The molecule has 0 aliphatic heterocycles. The minimum absolute atomic E-state index is 0.0980. The summed E-state index contributed by atoms with van der Waals surface area (Å²) in [5.74, 6) is 0.412. The summed E-state index contributed by atoms with van der Waals surface area (Å²) < 4.78 is 5.38. The lowest BCUT2D eigenvalue weighted by molar-refractivity contribution is -0.123. The van der Waals surface area contributed by atoms with E-state index < -0.39 is 0 Å². The minimum atomic E-state index is -0.360. The second-order valence-electron chi connectivity index (χ2n) is 7.38. The van der Waals surface area contributed by atoms with E-state index in [9.17, 15) is 9.59 Å². The SMILES string of the molecule is C/C(=N/NC(=O)COc1ccc(Cl)cc1)c1ccc(NC(=O)C2CCCCC2)cc1. The Morgan fingerprint density at radius 2 is 1.70 bits per heavy atom. The molecule has 1 saturated carbocycles. The number of benzene rings is 2. The first kappa shape index (κ1) is 21.8. The molecule has 0 saturated heterocycles. The van der Waals surface area contributed by atoms with E-state index in [0.29, 0.717) is 16.5 Å². The molecule has 0 heterocycles. The first-order valence-corrected chi connectivity index (χ1v) is 10.5. The third-order valence-corrected chi connectivity index (χ3v) is 5.33. The Morgan fingerprint density at radius 1 is 1.03 bits per heavy atom. The van der Waals surface area contributed by atoms with Crippen molar-refractivity contribution in [1.82, 2.24) is 5.43 Å². The van der Waals surface area contributed by atoms with Crippen LogP contribution in [0.2, 0.25) is 5.02 Å². The molecule has 158 valence electrons. The van der Waals surface area contributed by atoms with Gasteiger partial charge in [-0.15, -0.1) is 0 Å². The molecule has 2 N–H and O–H groups in total. The van der Waals surface area contributed by atoms with E-state index in [1.807, 2.05) is 24.3 Å². The summed E-state index contributed by atoms with van der Waals surface area (Å²) in [4.78, 5) is 24.3. The van der Waals surface area contributed by atoms with Crippen LogP contribution in [0.15, 0.2) is 53.6 Å². The molecule has 6 nitrogen and oxygen atoms in total. The molecule has 1 fully saturated rings. The van der Waals surface area contributed by atoms with Crippen molar-refractivity contribution in [1.29, 1.82) is 0 Å². The average molecular weight is 428 g/mol. The van der Waals surface area contributed by atoms with E-state index in [2.05, 4.69) is 15.8 Å². The molecule has 0 unspecified atom stereocenters. The van der Waals surface area contributed by atoms with Crippen molar-refractivity contribution in [3.8, 4) is 5.75 Å². The van der Waals surface area contributed by atoms with Crippen LogP contribution in [0.1, 0.15) is 44.6 Å². The highest BCUT2D eigenvalue weighted by Crippen LogP contribution is 2.25. The van der Waals surface area contributed by atoms with E-state index in [0.717, 1.165) is 36.9 Å². The molecule has 0 radical (unpaired) electrons. The van der Waals surface area contributed by atoms with Crippen LogP contribution in [0.3, 0.4) is 0 Å². The average Bonchev–Trinajstić information content (AvgIpc) is 2.78. The molecule has 2 amide bonds. The van der Waals surface area contributed by atoms with Gasteiger partial charge in [-0.1, -0.05) is 43.0 Å². The van der Waals surface area contributed by atoms with Gasteiger partial charge < -0.3 is 10.1 Å². The fourth-order valence-electron chi connectivity index (χ4n) is 3.33. The molecule has 2 aromatic carbocycles. The number of nitrogens with one attached hydrogen (secondary N) is 2. The summed E-state index contributed by atoms with van der Waals surface area (Å²) in [5.41, 5.74) is 4.75. The van der Waals surface area contributed by atoms with Crippen LogP contribution in [0, 0.1) is 5.92 Å². The Labute approximate surface area is 181 Å². The van der Waals surface area contributed by atoms with E-state index in [-0.39, 0.29) is 24.3 Å². The number of rotatable bonds is 7. The Hall–Kier alpha value is -2.86. The van der Waals surface area contributed by atoms with Gasteiger partial charge in [-0.25, -0.2) is 5.43 Å². The second kappa shape index (κ2) is 10.8. The van der Waals surface area contributed by atoms with E-state index in [4.69, 9.17) is 16.3 Å². The van der Waals surface area contributed by atoms with Gasteiger partial charge in [0.25, 0.3) is 5.91 Å². The number of hydrogen-bond acceptors (Lipinski definition) is 4. The van der Waals surface area contributed by atoms with Gasteiger partial charge in [0, 0.05) is 16.6 Å². The molecule has 0 spiro atoms. The molecule has 0 aromatic heterocycles. The Balaban J connectivity index is 1.47. The lowest BCUT2D eigenvalue weighted by Crippen LogP contribution is -2.25.